The van der Waals surface area contributed by atoms with Crippen molar-refractivity contribution in [1.82, 2.24) is 14.5 Å². The van der Waals surface area contributed by atoms with Crippen molar-refractivity contribution in [3.05, 3.63) is 11.8 Å². The van der Waals surface area contributed by atoms with Crippen molar-refractivity contribution in [2.24, 2.45) is 0 Å². The highest BCUT2D eigenvalue weighted by molar-refractivity contribution is 5.90. The van der Waals surface area contributed by atoms with Gasteiger partial charge < -0.3 is 14.4 Å². The van der Waals surface area contributed by atoms with Crippen molar-refractivity contribution in [1.29, 1.82) is 0 Å². The number of anilines is 2. The van der Waals surface area contributed by atoms with E-state index in [1.165, 1.54) is 36.8 Å². The monoisotopic (exact) mass is 355 g/mol. The van der Waals surface area contributed by atoms with Crippen molar-refractivity contribution in [2.75, 3.05) is 36.0 Å². The molecule has 0 unspecified atom stereocenters. The molecule has 2 aliphatic heterocycles. The predicted molar refractivity (Wildman–Crippen MR) is 110 cm³/mol. The van der Waals surface area contributed by atoms with E-state index in [1.54, 1.807) is 0 Å². The van der Waals surface area contributed by atoms with Gasteiger partial charge in [-0.05, 0) is 58.4 Å². The van der Waals surface area contributed by atoms with Gasteiger partial charge >= 0.3 is 0 Å². The molecule has 0 spiro atoms. The summed E-state index contributed by atoms with van der Waals surface area (Å²) in [4.78, 5) is 15.0. The first-order chi connectivity index (χ1) is 12.4. The van der Waals surface area contributed by atoms with Crippen LogP contribution in [0.1, 0.15) is 71.9 Å². The maximum Gasteiger partial charge on any atom is 0.229 e. The van der Waals surface area contributed by atoms with Gasteiger partial charge in [-0.3, -0.25) is 0 Å². The summed E-state index contributed by atoms with van der Waals surface area (Å²) in [5.41, 5.74) is 2.47. The fraction of sp³-hybridized carbons (Fsp3) is 0.714. The molecule has 2 aromatic rings. The Bertz CT molecular complexity index is 787. The molecule has 0 aliphatic carbocycles. The summed E-state index contributed by atoms with van der Waals surface area (Å²) in [6.07, 6.45) is 5.03. The van der Waals surface area contributed by atoms with Crippen LogP contribution in [0.5, 0.6) is 0 Å². The maximum atomic E-state index is 5.11. The molecule has 2 fully saturated rings. The summed E-state index contributed by atoms with van der Waals surface area (Å²) in [7, 11) is 0. The lowest BCUT2D eigenvalue weighted by Crippen LogP contribution is -2.27. The minimum absolute atomic E-state index is 0.000263. The van der Waals surface area contributed by atoms with Crippen molar-refractivity contribution in [2.45, 2.75) is 71.8 Å². The van der Waals surface area contributed by atoms with Gasteiger partial charge in [0.15, 0.2) is 0 Å². The van der Waals surface area contributed by atoms with Crippen LogP contribution in [0.2, 0.25) is 0 Å². The van der Waals surface area contributed by atoms with Crippen LogP contribution in [-0.2, 0) is 5.54 Å². The van der Waals surface area contributed by atoms with Crippen LogP contribution < -0.4 is 9.80 Å². The first-order valence-electron chi connectivity index (χ1n) is 10.3. The highest BCUT2D eigenvalue weighted by atomic mass is 15.3. The van der Waals surface area contributed by atoms with Crippen LogP contribution in [0, 0.1) is 0 Å². The Labute approximate surface area is 157 Å². The second kappa shape index (κ2) is 6.43. The lowest BCUT2D eigenvalue weighted by molar-refractivity contribution is 0.390. The molecular formula is C21H33N5. The molecule has 0 N–H and O–H groups in total. The van der Waals surface area contributed by atoms with Crippen molar-refractivity contribution in [3.63, 3.8) is 0 Å². The summed E-state index contributed by atoms with van der Waals surface area (Å²) >= 11 is 0. The van der Waals surface area contributed by atoms with E-state index in [0.29, 0.717) is 5.92 Å². The van der Waals surface area contributed by atoms with E-state index in [1.807, 2.05) is 0 Å². The Balaban J connectivity index is 1.98. The zero-order valence-corrected chi connectivity index (χ0v) is 17.0. The van der Waals surface area contributed by atoms with Gasteiger partial charge in [0.2, 0.25) is 5.95 Å². The highest BCUT2D eigenvalue weighted by Gasteiger charge is 2.28. The molecule has 0 amide bonds. The molecule has 0 bridgehead atoms. The van der Waals surface area contributed by atoms with Gasteiger partial charge in [-0.1, -0.05) is 13.8 Å². The standard InChI is InChI=1S/C21H33N5/c1-15(2)17-14-16-18(24-10-6-7-11-24)22-20(25-12-8-9-13-25)23-19(16)26(17)21(3,4)5/h14-15H,6-13H2,1-5H3. The molecule has 4 heterocycles. The van der Waals surface area contributed by atoms with E-state index in [-0.39, 0.29) is 5.54 Å². The van der Waals surface area contributed by atoms with Crippen LogP contribution in [0.25, 0.3) is 11.0 Å². The lowest BCUT2D eigenvalue weighted by Gasteiger charge is -2.27. The number of nitrogens with zero attached hydrogens (tertiary/aromatic N) is 5. The molecule has 0 aromatic carbocycles. The summed E-state index contributed by atoms with van der Waals surface area (Å²) < 4.78 is 2.45. The van der Waals surface area contributed by atoms with E-state index < -0.39 is 0 Å². The molecular weight excluding hydrogens is 322 g/mol. The summed E-state index contributed by atoms with van der Waals surface area (Å²) in [5.74, 6) is 2.54. The zero-order valence-electron chi connectivity index (χ0n) is 17.0. The third kappa shape index (κ3) is 2.95. The number of fused-ring (bicyclic) bond motifs is 1. The Hall–Kier alpha value is -1.78. The summed E-state index contributed by atoms with van der Waals surface area (Å²) in [5, 5.41) is 1.23. The predicted octanol–water partition coefficient (Wildman–Crippen LogP) is 4.51. The fourth-order valence-corrected chi connectivity index (χ4v) is 4.43. The second-order valence-corrected chi connectivity index (χ2v) is 9.20. The van der Waals surface area contributed by atoms with Gasteiger partial charge in [0.05, 0.1) is 5.39 Å². The Morgan fingerprint density at radius 2 is 1.46 bits per heavy atom. The topological polar surface area (TPSA) is 37.2 Å². The van der Waals surface area contributed by atoms with E-state index in [0.717, 1.165) is 43.6 Å². The molecule has 0 radical (unpaired) electrons. The van der Waals surface area contributed by atoms with Gasteiger partial charge in [0, 0.05) is 37.4 Å². The first-order valence-corrected chi connectivity index (χ1v) is 10.3. The van der Waals surface area contributed by atoms with Crippen molar-refractivity contribution >= 4 is 22.8 Å². The van der Waals surface area contributed by atoms with E-state index in [9.17, 15) is 0 Å². The lowest BCUT2D eigenvalue weighted by atomic mass is 10.1. The Kier molecular flexibility index (Phi) is 4.36. The van der Waals surface area contributed by atoms with Gasteiger partial charge in [0.1, 0.15) is 11.5 Å². The number of aromatic nitrogens is 3. The van der Waals surface area contributed by atoms with Crippen LogP contribution in [0.15, 0.2) is 6.07 Å². The van der Waals surface area contributed by atoms with Gasteiger partial charge in [-0.2, -0.15) is 9.97 Å². The normalized spacial score (nSPS) is 18.7. The SMILES string of the molecule is CC(C)c1cc2c(N3CCCC3)nc(N3CCCC3)nc2n1C(C)(C)C. The molecule has 26 heavy (non-hydrogen) atoms. The maximum absolute atomic E-state index is 5.11. The number of rotatable bonds is 3. The zero-order chi connectivity index (χ0) is 18.5. The molecule has 0 atom stereocenters. The Morgan fingerprint density at radius 1 is 0.885 bits per heavy atom. The van der Waals surface area contributed by atoms with Crippen LogP contribution in [0.3, 0.4) is 0 Å². The minimum Gasteiger partial charge on any atom is -0.356 e. The molecule has 2 aromatic heterocycles. The van der Waals surface area contributed by atoms with Gasteiger partial charge in [0.25, 0.3) is 0 Å². The minimum atomic E-state index is 0.000263. The van der Waals surface area contributed by atoms with Crippen molar-refractivity contribution < 1.29 is 0 Å². The molecule has 142 valence electrons. The summed E-state index contributed by atoms with van der Waals surface area (Å²) in [6, 6.07) is 2.35. The average Bonchev–Trinajstić information content (AvgIpc) is 3.31. The molecule has 2 aliphatic rings. The van der Waals surface area contributed by atoms with E-state index >= 15 is 0 Å². The molecule has 5 nitrogen and oxygen atoms in total. The average molecular weight is 356 g/mol. The van der Waals surface area contributed by atoms with Crippen LogP contribution >= 0.6 is 0 Å². The fourth-order valence-electron chi connectivity index (χ4n) is 4.43. The number of hydrogen-bond acceptors (Lipinski definition) is 4. The van der Waals surface area contributed by atoms with Crippen molar-refractivity contribution in [3.8, 4) is 0 Å². The van der Waals surface area contributed by atoms with Gasteiger partial charge in [-0.15, -0.1) is 0 Å². The Morgan fingerprint density at radius 3 is 2.00 bits per heavy atom. The smallest absolute Gasteiger partial charge is 0.229 e. The summed E-state index contributed by atoms with van der Waals surface area (Å²) in [6.45, 7) is 15.8. The largest absolute Gasteiger partial charge is 0.356 e. The van der Waals surface area contributed by atoms with E-state index in [4.69, 9.17) is 9.97 Å². The highest BCUT2D eigenvalue weighted by Crippen LogP contribution is 2.37. The molecule has 0 saturated carbocycles. The van der Waals surface area contributed by atoms with Gasteiger partial charge in [-0.25, -0.2) is 0 Å². The van der Waals surface area contributed by atoms with Crippen LogP contribution in [-0.4, -0.2) is 40.7 Å². The van der Waals surface area contributed by atoms with Crippen LogP contribution in [0.4, 0.5) is 11.8 Å². The first kappa shape index (κ1) is 17.6. The van der Waals surface area contributed by atoms with E-state index in [2.05, 4.69) is 55.1 Å². The molecule has 5 heteroatoms. The quantitative estimate of drug-likeness (QED) is 0.812. The second-order valence-electron chi connectivity index (χ2n) is 9.20. The third-order valence-electron chi connectivity index (χ3n) is 5.71. The molecule has 4 rings (SSSR count). The molecule has 2 saturated heterocycles. The number of hydrogen-bond donors (Lipinski definition) is 0. The third-order valence-corrected chi connectivity index (χ3v) is 5.71.